The Kier molecular flexibility index (Phi) is 5.07. The summed E-state index contributed by atoms with van der Waals surface area (Å²) >= 11 is 0. The SMILES string of the molecule is COc1cc(NC(=O)[C@H]2[C@H]3C(=O)N(CCc4c[nH]c5ccccc45)C[C@]34C=C[C@H]2O4)cc(OC)c1. The summed E-state index contributed by atoms with van der Waals surface area (Å²) < 4.78 is 16.9. The average molecular weight is 474 g/mol. The highest BCUT2D eigenvalue weighted by atomic mass is 16.5. The monoisotopic (exact) mass is 473 g/mol. The van der Waals surface area contributed by atoms with Gasteiger partial charge in [0.05, 0.1) is 38.7 Å². The first kappa shape index (κ1) is 21.7. The number of aromatic amines is 1. The molecule has 3 aromatic rings. The van der Waals surface area contributed by atoms with Crippen LogP contribution in [0.2, 0.25) is 0 Å². The number of H-pyrrole nitrogens is 1. The fourth-order valence-corrected chi connectivity index (χ4v) is 5.77. The largest absolute Gasteiger partial charge is 0.497 e. The Hall–Kier alpha value is -3.78. The summed E-state index contributed by atoms with van der Waals surface area (Å²) in [5.74, 6) is -0.259. The number of amides is 2. The summed E-state index contributed by atoms with van der Waals surface area (Å²) in [5.41, 5.74) is 2.07. The maximum absolute atomic E-state index is 13.5. The van der Waals surface area contributed by atoms with E-state index in [1.807, 2.05) is 41.4 Å². The molecule has 4 atom stereocenters. The molecule has 2 N–H and O–H groups in total. The molecule has 0 unspecified atom stereocenters. The van der Waals surface area contributed by atoms with Crippen LogP contribution in [0.3, 0.4) is 0 Å². The summed E-state index contributed by atoms with van der Waals surface area (Å²) in [6, 6.07) is 13.3. The number of hydrogen-bond acceptors (Lipinski definition) is 5. The number of carbonyl (C=O) groups excluding carboxylic acids is 2. The Balaban J connectivity index is 1.20. The fourth-order valence-electron chi connectivity index (χ4n) is 5.77. The molecule has 0 saturated carbocycles. The van der Waals surface area contributed by atoms with Crippen molar-refractivity contribution in [2.45, 2.75) is 18.1 Å². The molecule has 6 rings (SSSR count). The van der Waals surface area contributed by atoms with Gasteiger partial charge in [-0.05, 0) is 18.1 Å². The predicted octanol–water partition coefficient (Wildman–Crippen LogP) is 3.15. The summed E-state index contributed by atoms with van der Waals surface area (Å²) in [6.45, 7) is 1.03. The van der Waals surface area contributed by atoms with Gasteiger partial charge in [0.25, 0.3) is 0 Å². The molecule has 3 aliphatic rings. The number of anilines is 1. The van der Waals surface area contributed by atoms with Gasteiger partial charge in [0.1, 0.15) is 17.1 Å². The third-order valence-corrected chi connectivity index (χ3v) is 7.43. The van der Waals surface area contributed by atoms with Crippen LogP contribution in [0.25, 0.3) is 10.9 Å². The second-order valence-electron chi connectivity index (χ2n) is 9.36. The minimum Gasteiger partial charge on any atom is -0.497 e. The molecule has 2 fully saturated rings. The van der Waals surface area contributed by atoms with Gasteiger partial charge < -0.3 is 29.4 Å². The number of fused-ring (bicyclic) bond motifs is 2. The van der Waals surface area contributed by atoms with E-state index in [1.165, 1.54) is 10.9 Å². The second-order valence-corrected chi connectivity index (χ2v) is 9.36. The molecule has 2 amide bonds. The zero-order chi connectivity index (χ0) is 24.2. The van der Waals surface area contributed by atoms with Crippen LogP contribution in [-0.2, 0) is 20.7 Å². The number of rotatable bonds is 7. The Bertz CT molecular complexity index is 1330. The van der Waals surface area contributed by atoms with Crippen LogP contribution in [0.4, 0.5) is 5.69 Å². The lowest BCUT2D eigenvalue weighted by molar-refractivity contribution is -0.135. The van der Waals surface area contributed by atoms with E-state index in [2.05, 4.69) is 16.4 Å². The molecular formula is C27H27N3O5. The molecule has 2 aromatic carbocycles. The Morgan fingerprint density at radius 3 is 2.74 bits per heavy atom. The molecule has 2 saturated heterocycles. The second kappa shape index (κ2) is 8.16. The smallest absolute Gasteiger partial charge is 0.231 e. The van der Waals surface area contributed by atoms with Gasteiger partial charge in [-0.1, -0.05) is 30.4 Å². The topological polar surface area (TPSA) is 92.9 Å². The lowest BCUT2D eigenvalue weighted by Gasteiger charge is -2.23. The van der Waals surface area contributed by atoms with Crippen molar-refractivity contribution in [3.8, 4) is 11.5 Å². The highest BCUT2D eigenvalue weighted by Gasteiger charge is 2.66. The molecule has 2 bridgehead atoms. The quantitative estimate of drug-likeness (QED) is 0.515. The Morgan fingerprint density at radius 1 is 1.20 bits per heavy atom. The van der Waals surface area contributed by atoms with Gasteiger partial charge in [-0.15, -0.1) is 0 Å². The lowest BCUT2D eigenvalue weighted by atomic mass is 9.77. The molecular weight excluding hydrogens is 446 g/mol. The van der Waals surface area contributed by atoms with Gasteiger partial charge in [0.15, 0.2) is 0 Å². The average Bonchev–Trinajstić information content (AvgIpc) is 3.62. The standard InChI is InChI=1S/C27H27N3O5/c1-33-18-11-17(12-19(13-18)34-2)29-25(31)23-22-7-9-27(35-22)15-30(26(32)24(23)27)10-8-16-14-28-21-6-4-3-5-20(16)21/h3-7,9,11-14,22-24,28H,8,10,15H2,1-2H3,(H,29,31)/t22-,23-,24+,27-/m1/s1. The van der Waals surface area contributed by atoms with E-state index in [1.54, 1.807) is 32.4 Å². The summed E-state index contributed by atoms with van der Waals surface area (Å²) in [7, 11) is 3.11. The molecule has 3 aliphatic heterocycles. The van der Waals surface area contributed by atoms with Crippen molar-refractivity contribution in [2.75, 3.05) is 32.6 Å². The van der Waals surface area contributed by atoms with Crippen LogP contribution in [0.15, 0.2) is 60.8 Å². The molecule has 180 valence electrons. The van der Waals surface area contributed by atoms with E-state index in [0.717, 1.165) is 11.9 Å². The van der Waals surface area contributed by atoms with E-state index >= 15 is 0 Å². The zero-order valence-electron chi connectivity index (χ0n) is 19.6. The summed E-state index contributed by atoms with van der Waals surface area (Å²) in [5, 5.41) is 4.12. The zero-order valence-corrected chi connectivity index (χ0v) is 19.6. The summed E-state index contributed by atoms with van der Waals surface area (Å²) in [4.78, 5) is 32.1. The number of ether oxygens (including phenoxy) is 3. The van der Waals surface area contributed by atoms with Crippen LogP contribution in [-0.4, -0.2) is 60.7 Å². The van der Waals surface area contributed by atoms with Gasteiger partial charge >= 0.3 is 0 Å². The molecule has 1 aromatic heterocycles. The van der Waals surface area contributed by atoms with E-state index < -0.39 is 23.5 Å². The van der Waals surface area contributed by atoms with Crippen LogP contribution in [0.5, 0.6) is 11.5 Å². The van der Waals surface area contributed by atoms with Crippen molar-refractivity contribution in [3.05, 3.63) is 66.4 Å². The van der Waals surface area contributed by atoms with E-state index in [-0.39, 0.29) is 11.8 Å². The maximum Gasteiger partial charge on any atom is 0.231 e. The third kappa shape index (κ3) is 3.47. The Morgan fingerprint density at radius 2 is 1.97 bits per heavy atom. The number of nitrogens with one attached hydrogen (secondary N) is 2. The van der Waals surface area contributed by atoms with E-state index in [0.29, 0.717) is 30.3 Å². The minimum atomic E-state index is -0.740. The van der Waals surface area contributed by atoms with Gasteiger partial charge in [-0.25, -0.2) is 0 Å². The van der Waals surface area contributed by atoms with Crippen molar-refractivity contribution in [1.29, 1.82) is 0 Å². The van der Waals surface area contributed by atoms with Gasteiger partial charge in [0.2, 0.25) is 11.8 Å². The molecule has 35 heavy (non-hydrogen) atoms. The van der Waals surface area contributed by atoms with Gasteiger partial charge in [-0.2, -0.15) is 0 Å². The van der Waals surface area contributed by atoms with Crippen molar-refractivity contribution < 1.29 is 23.8 Å². The van der Waals surface area contributed by atoms with Crippen molar-refractivity contribution in [2.24, 2.45) is 11.8 Å². The fraction of sp³-hybridized carbons (Fsp3) is 0.333. The number of aromatic nitrogens is 1. The van der Waals surface area contributed by atoms with E-state index in [4.69, 9.17) is 14.2 Å². The van der Waals surface area contributed by atoms with Gasteiger partial charge in [0, 0.05) is 47.5 Å². The lowest BCUT2D eigenvalue weighted by Crippen LogP contribution is -2.41. The molecule has 8 nitrogen and oxygen atoms in total. The number of hydrogen-bond donors (Lipinski definition) is 2. The first-order valence-corrected chi connectivity index (χ1v) is 11.8. The number of para-hydroxylation sites is 1. The van der Waals surface area contributed by atoms with Crippen LogP contribution >= 0.6 is 0 Å². The van der Waals surface area contributed by atoms with Crippen LogP contribution < -0.4 is 14.8 Å². The van der Waals surface area contributed by atoms with Crippen LogP contribution in [0, 0.1) is 11.8 Å². The molecule has 8 heteroatoms. The molecule has 0 aliphatic carbocycles. The minimum absolute atomic E-state index is 0.0277. The number of carbonyl (C=O) groups is 2. The first-order valence-electron chi connectivity index (χ1n) is 11.8. The Labute approximate surface area is 202 Å². The molecule has 4 heterocycles. The number of benzene rings is 2. The summed E-state index contributed by atoms with van der Waals surface area (Å²) in [6.07, 6.45) is 6.22. The highest BCUT2D eigenvalue weighted by molar-refractivity contribution is 5.99. The number of likely N-dealkylation sites (tertiary alicyclic amines) is 1. The van der Waals surface area contributed by atoms with Crippen molar-refractivity contribution in [3.63, 3.8) is 0 Å². The number of nitrogens with zero attached hydrogens (tertiary/aromatic N) is 1. The predicted molar refractivity (Wildman–Crippen MR) is 130 cm³/mol. The van der Waals surface area contributed by atoms with Crippen LogP contribution in [0.1, 0.15) is 5.56 Å². The highest BCUT2D eigenvalue weighted by Crippen LogP contribution is 2.52. The molecule has 1 spiro atoms. The normalized spacial score (nSPS) is 26.4. The van der Waals surface area contributed by atoms with Gasteiger partial charge in [-0.3, -0.25) is 9.59 Å². The van der Waals surface area contributed by atoms with Crippen molar-refractivity contribution >= 4 is 28.4 Å². The third-order valence-electron chi connectivity index (χ3n) is 7.43. The molecule has 0 radical (unpaired) electrons. The number of methoxy groups -OCH3 is 2. The maximum atomic E-state index is 13.5. The van der Waals surface area contributed by atoms with E-state index in [9.17, 15) is 9.59 Å². The van der Waals surface area contributed by atoms with Crippen molar-refractivity contribution in [1.82, 2.24) is 9.88 Å². The first-order chi connectivity index (χ1) is 17.0.